The maximum atomic E-state index is 12.9. The van der Waals surface area contributed by atoms with Crippen LogP contribution in [-0.2, 0) is 76.7 Å². The molecule has 3 atom stereocenters. The molecule has 0 aromatic heterocycles. The average molecular weight is 1080 g/mol. The number of guanidine groups is 3. The van der Waals surface area contributed by atoms with Gasteiger partial charge in [0.15, 0.2) is 17.9 Å². The number of aliphatic imine (C=N–C) groups is 3. The van der Waals surface area contributed by atoms with Gasteiger partial charge in [0, 0.05) is 37.8 Å². The zero-order valence-corrected chi connectivity index (χ0v) is 42.5. The molecule has 3 aliphatic carbocycles. The molecule has 6 aromatic rings. The van der Waals surface area contributed by atoms with Crippen LogP contribution in [0.3, 0.4) is 0 Å². The normalized spacial score (nSPS) is 19.0. The second-order valence-corrected chi connectivity index (χ2v) is 19.9. The van der Waals surface area contributed by atoms with E-state index >= 15 is 0 Å². The first kappa shape index (κ1) is 53.3. The van der Waals surface area contributed by atoms with Crippen molar-refractivity contribution in [2.24, 2.45) is 32.2 Å². The first-order valence-electron chi connectivity index (χ1n) is 24.9. The third-order valence-corrected chi connectivity index (χ3v) is 15.1. The highest BCUT2D eigenvalue weighted by atomic mass is 19.4. The molecule has 0 amide bonds. The van der Waals surface area contributed by atoms with E-state index in [0.717, 1.165) is 109 Å². The van der Waals surface area contributed by atoms with Gasteiger partial charge in [-0.25, -0.2) is 15.0 Å². The van der Waals surface area contributed by atoms with Crippen LogP contribution < -0.4 is 31.4 Å². The Labute approximate surface area is 443 Å². The number of benzene rings is 6. The summed E-state index contributed by atoms with van der Waals surface area (Å²) in [6.07, 6.45) is -8.27. The number of hydrogen-bond donors (Lipinski definition) is 3. The Morgan fingerprint density at radius 3 is 0.846 bits per heavy atom. The van der Waals surface area contributed by atoms with Gasteiger partial charge in [0.2, 0.25) is 0 Å². The molecule has 0 fully saturated rings. The molecule has 12 rings (SSSR count). The summed E-state index contributed by atoms with van der Waals surface area (Å²) < 4.78 is 132. The smallest absolute Gasteiger partial charge is 0.416 e. The van der Waals surface area contributed by atoms with Gasteiger partial charge in [-0.1, -0.05) is 36.4 Å². The summed E-state index contributed by atoms with van der Waals surface area (Å²) in [7, 11) is 4.90. The van der Waals surface area contributed by atoms with Crippen molar-refractivity contribution in [1.29, 1.82) is 0 Å². The average Bonchev–Trinajstić information content (AvgIpc) is 4.19. The van der Waals surface area contributed by atoms with E-state index in [2.05, 4.69) is 33.2 Å². The Balaban J connectivity index is 0.000000132. The lowest BCUT2D eigenvalue weighted by molar-refractivity contribution is -0.138. The molecule has 0 saturated carbocycles. The lowest BCUT2D eigenvalue weighted by atomic mass is 10.0. The van der Waals surface area contributed by atoms with Crippen LogP contribution in [0.15, 0.2) is 124 Å². The van der Waals surface area contributed by atoms with Crippen molar-refractivity contribution in [3.8, 4) is 17.2 Å². The third kappa shape index (κ3) is 11.0. The lowest BCUT2D eigenvalue weighted by Gasteiger charge is -2.33. The molecule has 6 aromatic carbocycles. The first-order chi connectivity index (χ1) is 37.0. The van der Waals surface area contributed by atoms with Crippen LogP contribution in [0.5, 0.6) is 17.2 Å². The first-order valence-corrected chi connectivity index (χ1v) is 24.9. The van der Waals surface area contributed by atoms with Crippen LogP contribution in [0.2, 0.25) is 0 Å². The van der Waals surface area contributed by atoms with Gasteiger partial charge in [-0.3, -0.25) is 0 Å². The molecule has 3 heterocycles. The summed E-state index contributed by atoms with van der Waals surface area (Å²) >= 11 is 0. The Bertz CT molecular complexity index is 3030. The Kier molecular flexibility index (Phi) is 14.1. The number of hydrogen-bond acceptors (Lipinski definition) is 12. The number of halogens is 9. The topological polar surface area (TPSA) is 153 Å². The Hall–Kier alpha value is -8.10. The second-order valence-electron chi connectivity index (χ2n) is 19.9. The van der Waals surface area contributed by atoms with Gasteiger partial charge in [-0.05, 0) is 161 Å². The second kappa shape index (κ2) is 20.7. The Morgan fingerprint density at radius 2 is 0.603 bits per heavy atom. The molecule has 0 radical (unpaired) electrons. The highest BCUT2D eigenvalue weighted by Gasteiger charge is 2.38. The number of ether oxygens (including phenoxy) is 3. The van der Waals surface area contributed by atoms with Crippen molar-refractivity contribution in [3.05, 3.63) is 176 Å². The van der Waals surface area contributed by atoms with Crippen LogP contribution in [0.4, 0.5) is 56.6 Å². The van der Waals surface area contributed by atoms with Crippen molar-refractivity contribution < 1.29 is 53.7 Å². The predicted molar refractivity (Wildman–Crippen MR) is 277 cm³/mol. The summed E-state index contributed by atoms with van der Waals surface area (Å²) in [5, 5.41) is 0. The fourth-order valence-corrected chi connectivity index (χ4v) is 11.0. The van der Waals surface area contributed by atoms with E-state index in [-0.39, 0.29) is 36.0 Å². The number of nitrogens with zero attached hydrogens (tertiary/aromatic N) is 6. The number of alkyl halides is 9. The van der Waals surface area contributed by atoms with Gasteiger partial charge in [-0.15, -0.1) is 0 Å². The Morgan fingerprint density at radius 1 is 0.359 bits per heavy atom. The maximum Gasteiger partial charge on any atom is 0.416 e. The summed E-state index contributed by atoms with van der Waals surface area (Å²) in [5.74, 6) is 3.24. The minimum absolute atomic E-state index is 0.135. The van der Waals surface area contributed by atoms with Crippen molar-refractivity contribution in [2.45, 2.75) is 94.8 Å². The SMILES string of the molecule is COc1ccc2c(c1)CC(N1Cc3ccc(C(F)(F)F)cc3N=C1N)C2.COc1ccc2c(c1)C[C@@H](N1Cc3ccc(C(F)(F)F)cc3N=C1N)C2.COc1ccc2c(c1)C[C@H](N1Cc3ccc(C(F)(F)F)cc3N=C1N)C2. The molecule has 6 aliphatic rings. The van der Waals surface area contributed by atoms with Crippen LogP contribution in [0, 0.1) is 0 Å². The molecule has 21 heteroatoms. The number of nitrogens with two attached hydrogens (primary N) is 3. The number of methoxy groups -OCH3 is 3. The maximum absolute atomic E-state index is 12.9. The standard InChI is InChI=1S/3C19H18F3N3O/c3*1-26-16-5-3-11-6-15(7-13(11)8-16)25-10-12-2-4-14(19(20,21)22)9-17(12)24-18(25)23/h3*2-5,8-9,15H,6-7,10H2,1H3,(H2,23,24)/t2*15-;/m10./s1. The largest absolute Gasteiger partial charge is 0.497 e. The molecular formula is C57H54F9N9O3. The highest BCUT2D eigenvalue weighted by molar-refractivity contribution is 5.86. The van der Waals surface area contributed by atoms with E-state index in [1.165, 1.54) is 51.6 Å². The number of rotatable bonds is 6. The van der Waals surface area contributed by atoms with Crippen molar-refractivity contribution in [3.63, 3.8) is 0 Å². The van der Waals surface area contributed by atoms with Crippen LogP contribution in [0.1, 0.15) is 66.8 Å². The zero-order chi connectivity index (χ0) is 55.4. The molecule has 12 nitrogen and oxygen atoms in total. The summed E-state index contributed by atoms with van der Waals surface area (Å²) in [5.41, 5.74) is 26.6. The minimum atomic E-state index is -4.39. The quantitative estimate of drug-likeness (QED) is 0.138. The van der Waals surface area contributed by atoms with Crippen LogP contribution >= 0.6 is 0 Å². The highest BCUT2D eigenvalue weighted by Crippen LogP contribution is 2.41. The van der Waals surface area contributed by atoms with E-state index in [1.807, 2.05) is 51.1 Å². The van der Waals surface area contributed by atoms with Gasteiger partial charge in [0.05, 0.1) is 55.1 Å². The van der Waals surface area contributed by atoms with E-state index < -0.39 is 35.2 Å². The summed E-state index contributed by atoms with van der Waals surface area (Å²) in [4.78, 5) is 18.6. The monoisotopic (exact) mass is 1080 g/mol. The number of fused-ring (bicyclic) bond motifs is 6. The van der Waals surface area contributed by atoms with Crippen molar-refractivity contribution in [2.75, 3.05) is 21.3 Å². The predicted octanol–water partition coefficient (Wildman–Crippen LogP) is 10.9. The van der Waals surface area contributed by atoms with E-state index in [0.29, 0.717) is 36.7 Å². The molecule has 6 N–H and O–H groups in total. The minimum Gasteiger partial charge on any atom is -0.497 e. The lowest BCUT2D eigenvalue weighted by Crippen LogP contribution is -2.46. The van der Waals surface area contributed by atoms with Gasteiger partial charge < -0.3 is 46.1 Å². The van der Waals surface area contributed by atoms with E-state index in [4.69, 9.17) is 31.4 Å². The summed E-state index contributed by atoms with van der Waals surface area (Å²) in [6.45, 7) is 1.37. The van der Waals surface area contributed by atoms with Crippen LogP contribution in [0.25, 0.3) is 0 Å². The van der Waals surface area contributed by atoms with Gasteiger partial charge in [0.25, 0.3) is 0 Å². The molecule has 408 valence electrons. The summed E-state index contributed by atoms with van der Waals surface area (Å²) in [6, 6.07) is 29.4. The molecule has 1 unspecified atom stereocenters. The fraction of sp³-hybridized carbons (Fsp3) is 0.316. The van der Waals surface area contributed by atoms with Crippen LogP contribution in [-0.4, -0.2) is 72.0 Å². The van der Waals surface area contributed by atoms with E-state index in [1.54, 1.807) is 21.3 Å². The van der Waals surface area contributed by atoms with Gasteiger partial charge in [0.1, 0.15) is 17.2 Å². The molecular weight excluding hydrogens is 1030 g/mol. The van der Waals surface area contributed by atoms with Gasteiger partial charge >= 0.3 is 18.5 Å². The van der Waals surface area contributed by atoms with E-state index in [9.17, 15) is 39.5 Å². The zero-order valence-electron chi connectivity index (χ0n) is 42.5. The van der Waals surface area contributed by atoms with Crippen molar-refractivity contribution in [1.82, 2.24) is 14.7 Å². The fourth-order valence-electron chi connectivity index (χ4n) is 11.0. The molecule has 0 saturated heterocycles. The molecule has 0 spiro atoms. The molecule has 0 bridgehead atoms. The molecule has 3 aliphatic heterocycles. The third-order valence-electron chi connectivity index (χ3n) is 15.1. The molecule has 78 heavy (non-hydrogen) atoms. The van der Waals surface area contributed by atoms with Crippen molar-refractivity contribution >= 4 is 34.9 Å². The van der Waals surface area contributed by atoms with Gasteiger partial charge in [-0.2, -0.15) is 39.5 Å².